The number of aliphatic carboxylic acids is 1. The zero-order valence-corrected chi connectivity index (χ0v) is 10.2. The molecule has 1 rings (SSSR count). The molecule has 1 heterocycles. The summed E-state index contributed by atoms with van der Waals surface area (Å²) in [6.45, 7) is 1.40. The van der Waals surface area contributed by atoms with Gasteiger partial charge in [-0.2, -0.15) is 13.2 Å². The van der Waals surface area contributed by atoms with Crippen LogP contribution in [0.15, 0.2) is 12.3 Å². The normalized spacial score (nSPS) is 9.56. The number of rotatable bonds is 2. The molecule has 0 atom stereocenters. The van der Waals surface area contributed by atoms with Crippen LogP contribution in [0.4, 0.5) is 13.2 Å². The Labute approximate surface area is 126 Å². The third-order valence-electron chi connectivity index (χ3n) is 1.84. The molecule has 0 spiro atoms. The van der Waals surface area contributed by atoms with Gasteiger partial charge in [0, 0.05) is 18.6 Å². The van der Waals surface area contributed by atoms with Gasteiger partial charge in [-0.15, -0.1) is 0 Å². The first-order valence-corrected chi connectivity index (χ1v) is 4.03. The number of hydrogen-bond donors (Lipinski definition) is 0. The largest absolute Gasteiger partial charge is 1.00 e. The molecule has 1 N–H and O–H groups in total. The van der Waals surface area contributed by atoms with E-state index in [1.165, 1.54) is 6.92 Å². The quantitative estimate of drug-likeness (QED) is 0.489. The van der Waals surface area contributed by atoms with E-state index in [0.717, 1.165) is 12.3 Å². The summed E-state index contributed by atoms with van der Waals surface area (Å²) in [6, 6.07) is 0.818. The molecular weight excluding hydrogens is 241 g/mol. The Hall–Kier alpha value is -0.435. The van der Waals surface area contributed by atoms with Crippen molar-refractivity contribution in [2.45, 2.75) is 19.5 Å². The molecule has 9 heteroatoms. The van der Waals surface area contributed by atoms with Crippen LogP contribution in [0.1, 0.15) is 16.8 Å². The predicted molar refractivity (Wildman–Crippen MR) is 44.6 cm³/mol. The maximum absolute atomic E-state index is 12.2. The van der Waals surface area contributed by atoms with E-state index in [0.29, 0.717) is 0 Å². The third-order valence-corrected chi connectivity index (χ3v) is 1.84. The molecule has 0 saturated heterocycles. The number of pyridine rings is 1. The maximum atomic E-state index is 12.2. The molecule has 0 fully saturated rings. The second-order valence-corrected chi connectivity index (χ2v) is 3.04. The maximum Gasteiger partial charge on any atom is 1.00 e. The van der Waals surface area contributed by atoms with E-state index in [9.17, 15) is 23.1 Å². The van der Waals surface area contributed by atoms with Crippen molar-refractivity contribution in [2.24, 2.45) is 0 Å². The minimum absolute atomic E-state index is 0. The van der Waals surface area contributed by atoms with E-state index >= 15 is 0 Å². The monoisotopic (exact) mass is 249 g/mol. The fourth-order valence-electron chi connectivity index (χ4n) is 1.08. The Morgan fingerprint density at radius 2 is 1.89 bits per heavy atom. The molecule has 1 aromatic heterocycles. The van der Waals surface area contributed by atoms with E-state index in [1.807, 2.05) is 0 Å². The summed E-state index contributed by atoms with van der Waals surface area (Å²) >= 11 is 0. The molecule has 0 aliphatic heterocycles. The van der Waals surface area contributed by atoms with Gasteiger partial charge in [-0.05, 0) is 24.1 Å². The molecule has 0 bridgehead atoms. The second-order valence-electron chi connectivity index (χ2n) is 3.04. The van der Waals surface area contributed by atoms with E-state index < -0.39 is 24.3 Å². The fourth-order valence-corrected chi connectivity index (χ4v) is 1.08. The Morgan fingerprint density at radius 3 is 2.22 bits per heavy atom. The Balaban J connectivity index is -0.000000750. The molecule has 0 aliphatic carbocycles. The van der Waals surface area contributed by atoms with Crippen LogP contribution in [0.2, 0.25) is 0 Å². The number of carbonyl (C=O) groups excluding carboxylic acids is 1. The fraction of sp³-hybridized carbons (Fsp3) is 0.333. The topological polar surface area (TPSA) is 83.0 Å². The van der Waals surface area contributed by atoms with Gasteiger partial charge in [0.1, 0.15) is 5.69 Å². The Morgan fingerprint density at radius 1 is 1.39 bits per heavy atom. The van der Waals surface area contributed by atoms with Crippen molar-refractivity contribution >= 4 is 5.97 Å². The van der Waals surface area contributed by atoms with Crippen LogP contribution >= 0.6 is 0 Å². The van der Waals surface area contributed by atoms with Crippen LogP contribution in [0.5, 0.6) is 0 Å². The van der Waals surface area contributed by atoms with Crippen molar-refractivity contribution < 1.29 is 66.3 Å². The van der Waals surface area contributed by atoms with E-state index in [2.05, 4.69) is 4.98 Å². The minimum Gasteiger partial charge on any atom is -0.870 e. The van der Waals surface area contributed by atoms with Crippen molar-refractivity contribution in [1.82, 2.24) is 4.98 Å². The first kappa shape index (κ1) is 22.7. The number of aryl methyl sites for hydroxylation is 1. The van der Waals surface area contributed by atoms with Gasteiger partial charge in [-0.1, -0.05) is 0 Å². The van der Waals surface area contributed by atoms with Crippen LogP contribution < -0.4 is 42.8 Å². The van der Waals surface area contributed by atoms with Gasteiger partial charge in [0.25, 0.3) is 0 Å². The van der Waals surface area contributed by atoms with Gasteiger partial charge in [0.05, 0.1) is 0 Å². The summed E-state index contributed by atoms with van der Waals surface area (Å²) in [5.74, 6) is -1.35. The van der Waals surface area contributed by atoms with E-state index in [1.54, 1.807) is 0 Å². The average molecular weight is 249 g/mol. The number of carboxylic acid groups (broad SMARTS) is 1. The number of carboxylic acids is 1. The molecule has 0 aliphatic rings. The number of hydrogen-bond acceptors (Lipinski definition) is 4. The molecule has 18 heavy (non-hydrogen) atoms. The smallest absolute Gasteiger partial charge is 0.870 e. The van der Waals surface area contributed by atoms with Crippen molar-refractivity contribution in [2.75, 3.05) is 0 Å². The van der Waals surface area contributed by atoms with Crippen molar-refractivity contribution in [1.29, 1.82) is 0 Å². The zero-order chi connectivity index (χ0) is 11.6. The number of aromatic nitrogens is 1. The molecular formula is C9H8F3Li2NO3. The van der Waals surface area contributed by atoms with Gasteiger partial charge in [-0.25, -0.2) is 0 Å². The average Bonchev–Trinajstić information content (AvgIpc) is 2.05. The number of halogens is 3. The summed E-state index contributed by atoms with van der Waals surface area (Å²) in [6.07, 6.45) is -4.03. The standard InChI is InChI=1S/C9H8F3NO2.2Li.H2O/c1-5-2-7(9(10,11)12)13-4-6(5)3-8(14)15;;;/h2,4H,3H2,1H3,(H,14,15);;;1H2/q;2*+1;/p-2. The van der Waals surface area contributed by atoms with Gasteiger partial charge in [-0.3, -0.25) is 4.98 Å². The molecule has 0 unspecified atom stereocenters. The summed E-state index contributed by atoms with van der Waals surface area (Å²) in [5, 5.41) is 10.2. The molecule has 0 saturated carbocycles. The van der Waals surface area contributed by atoms with Crippen LogP contribution in [-0.4, -0.2) is 16.4 Å². The van der Waals surface area contributed by atoms with Crippen molar-refractivity contribution in [3.63, 3.8) is 0 Å². The van der Waals surface area contributed by atoms with Crippen LogP contribution in [0.25, 0.3) is 0 Å². The van der Waals surface area contributed by atoms with Gasteiger partial charge < -0.3 is 15.4 Å². The van der Waals surface area contributed by atoms with Crippen molar-refractivity contribution in [3.05, 3.63) is 29.1 Å². The number of nitrogens with zero attached hydrogens (tertiary/aromatic N) is 1. The number of alkyl halides is 3. The summed E-state index contributed by atoms with van der Waals surface area (Å²) in [7, 11) is 0. The molecule has 1 aromatic rings. The van der Waals surface area contributed by atoms with Crippen molar-refractivity contribution in [3.8, 4) is 0 Å². The van der Waals surface area contributed by atoms with E-state index in [4.69, 9.17) is 0 Å². The minimum atomic E-state index is -4.51. The molecule has 4 nitrogen and oxygen atoms in total. The molecule has 0 radical (unpaired) electrons. The van der Waals surface area contributed by atoms with E-state index in [-0.39, 0.29) is 54.3 Å². The summed E-state index contributed by atoms with van der Waals surface area (Å²) in [5.41, 5.74) is -0.563. The Kier molecular flexibility index (Phi) is 10.9. The van der Waals surface area contributed by atoms with Gasteiger partial charge >= 0.3 is 43.9 Å². The first-order chi connectivity index (χ1) is 6.80. The third kappa shape index (κ3) is 6.48. The summed E-state index contributed by atoms with van der Waals surface area (Å²) in [4.78, 5) is 13.4. The van der Waals surface area contributed by atoms with Crippen LogP contribution in [-0.2, 0) is 17.4 Å². The SMILES string of the molecule is Cc1cc(C(F)(F)F)ncc1CC(=O)[O-].[Li+].[Li+].[OH-]. The second kappa shape index (κ2) is 8.63. The van der Waals surface area contributed by atoms with Crippen LogP contribution in [0.3, 0.4) is 0 Å². The van der Waals surface area contributed by atoms with Crippen LogP contribution in [0, 0.1) is 6.92 Å². The number of carbonyl (C=O) groups is 1. The Bertz CT molecular complexity index is 399. The zero-order valence-electron chi connectivity index (χ0n) is 10.2. The van der Waals surface area contributed by atoms with Gasteiger partial charge in [0.15, 0.2) is 0 Å². The molecule has 0 amide bonds. The predicted octanol–water partition coefficient (Wildman–Crippen LogP) is -5.47. The molecule has 90 valence electrons. The summed E-state index contributed by atoms with van der Waals surface area (Å²) < 4.78 is 36.5. The first-order valence-electron chi connectivity index (χ1n) is 4.03. The molecule has 0 aromatic carbocycles. The van der Waals surface area contributed by atoms with Gasteiger partial charge in [0.2, 0.25) is 0 Å².